The fraction of sp³-hybridized carbons (Fsp3) is 0.538. The lowest BCUT2D eigenvalue weighted by molar-refractivity contribution is -0.192. The van der Waals surface area contributed by atoms with E-state index < -0.39 is 12.1 Å². The van der Waals surface area contributed by atoms with E-state index in [1.165, 1.54) is 6.42 Å². The Labute approximate surface area is 213 Å². The molecular formula is C26H32F3N5O3. The maximum absolute atomic E-state index is 12.7. The van der Waals surface area contributed by atoms with Crippen LogP contribution in [0.3, 0.4) is 0 Å². The van der Waals surface area contributed by atoms with Crippen molar-refractivity contribution >= 4 is 34.5 Å². The summed E-state index contributed by atoms with van der Waals surface area (Å²) in [5.74, 6) is 0.460. The van der Waals surface area contributed by atoms with Crippen molar-refractivity contribution in [3.05, 3.63) is 36.4 Å². The molecule has 1 amide bonds. The minimum Gasteiger partial charge on any atom is -0.475 e. The van der Waals surface area contributed by atoms with Crippen molar-refractivity contribution < 1.29 is 27.9 Å². The molecule has 37 heavy (non-hydrogen) atoms. The first-order chi connectivity index (χ1) is 17.5. The number of rotatable bonds is 5. The van der Waals surface area contributed by atoms with Crippen LogP contribution in [0, 0.1) is 17.8 Å². The number of nitrogens with zero attached hydrogens (tertiary/aromatic N) is 3. The number of alkyl halides is 3. The van der Waals surface area contributed by atoms with Crippen molar-refractivity contribution in [3.8, 4) is 0 Å². The number of nitrogens with one attached hydrogen (secondary N) is 2. The normalized spacial score (nSPS) is 26.4. The monoisotopic (exact) mass is 519 g/mol. The van der Waals surface area contributed by atoms with E-state index in [-0.39, 0.29) is 11.8 Å². The number of hydrogen-bond donors (Lipinski definition) is 3. The van der Waals surface area contributed by atoms with Crippen LogP contribution in [0.25, 0.3) is 10.9 Å². The number of carbonyl (C=O) groups is 2. The van der Waals surface area contributed by atoms with Gasteiger partial charge in [0.25, 0.3) is 0 Å². The summed E-state index contributed by atoms with van der Waals surface area (Å²) in [4.78, 5) is 33.1. The Kier molecular flexibility index (Phi) is 7.89. The number of anilines is 2. The van der Waals surface area contributed by atoms with Crippen molar-refractivity contribution in [2.75, 3.05) is 24.3 Å². The van der Waals surface area contributed by atoms with E-state index in [2.05, 4.69) is 28.9 Å². The molecule has 3 N–H and O–H groups in total. The second-order valence-corrected chi connectivity index (χ2v) is 10.2. The third-order valence-corrected chi connectivity index (χ3v) is 7.27. The number of carboxylic acids is 1. The zero-order valence-electron chi connectivity index (χ0n) is 20.8. The van der Waals surface area contributed by atoms with Crippen LogP contribution in [0.4, 0.5) is 24.9 Å². The van der Waals surface area contributed by atoms with Crippen molar-refractivity contribution in [2.45, 2.75) is 56.8 Å². The van der Waals surface area contributed by atoms with E-state index in [4.69, 9.17) is 19.9 Å². The molecule has 0 aliphatic heterocycles. The molecule has 0 radical (unpaired) electrons. The molecule has 3 aliphatic rings. The van der Waals surface area contributed by atoms with E-state index in [1.54, 1.807) is 0 Å². The summed E-state index contributed by atoms with van der Waals surface area (Å²) in [7, 11) is 4.02. The number of halogens is 3. The van der Waals surface area contributed by atoms with Crippen molar-refractivity contribution in [2.24, 2.45) is 17.8 Å². The van der Waals surface area contributed by atoms with E-state index in [0.29, 0.717) is 29.9 Å². The molecule has 2 fully saturated rings. The Morgan fingerprint density at radius 1 is 1.00 bits per heavy atom. The van der Waals surface area contributed by atoms with Gasteiger partial charge in [-0.3, -0.25) is 4.79 Å². The van der Waals surface area contributed by atoms with Crippen LogP contribution in [-0.2, 0) is 9.59 Å². The van der Waals surface area contributed by atoms with Gasteiger partial charge in [-0.25, -0.2) is 9.78 Å². The molecule has 1 heterocycles. The van der Waals surface area contributed by atoms with E-state index >= 15 is 0 Å². The molecule has 2 bridgehead atoms. The van der Waals surface area contributed by atoms with Crippen LogP contribution >= 0.6 is 0 Å². The van der Waals surface area contributed by atoms with Gasteiger partial charge in [-0.2, -0.15) is 18.2 Å². The van der Waals surface area contributed by atoms with Gasteiger partial charge in [0.1, 0.15) is 5.82 Å². The minimum absolute atomic E-state index is 0.200. The number of aliphatic carboxylic acids is 1. The number of benzene rings is 1. The number of carboxylic acid groups (broad SMARTS) is 1. The zero-order chi connectivity index (χ0) is 26.7. The predicted molar refractivity (Wildman–Crippen MR) is 134 cm³/mol. The largest absolute Gasteiger partial charge is 0.490 e. The number of fused-ring (bicyclic) bond motifs is 3. The first kappa shape index (κ1) is 26.7. The van der Waals surface area contributed by atoms with Gasteiger partial charge in [0.05, 0.1) is 5.52 Å². The van der Waals surface area contributed by atoms with E-state index in [9.17, 15) is 18.0 Å². The number of amides is 1. The lowest BCUT2D eigenvalue weighted by Gasteiger charge is -2.31. The van der Waals surface area contributed by atoms with Gasteiger partial charge in [0, 0.05) is 37.5 Å². The van der Waals surface area contributed by atoms with Gasteiger partial charge in [0.2, 0.25) is 11.9 Å². The van der Waals surface area contributed by atoms with Gasteiger partial charge in [-0.05, 0) is 62.5 Å². The molecule has 3 unspecified atom stereocenters. The average Bonchev–Trinajstić information content (AvgIpc) is 3.48. The lowest BCUT2D eigenvalue weighted by Crippen LogP contribution is -2.43. The SMILES string of the molecule is CN(C)c1nc(NC2CCC(NC(=O)C3CC4C=CC3C4)CC2)nc2ccccc12.O=C(O)C(F)(F)F. The van der Waals surface area contributed by atoms with Crippen LogP contribution in [0.2, 0.25) is 0 Å². The number of allylic oxidation sites excluding steroid dienone is 2. The van der Waals surface area contributed by atoms with Crippen LogP contribution < -0.4 is 15.5 Å². The molecule has 1 aromatic carbocycles. The quantitative estimate of drug-likeness (QED) is 0.503. The highest BCUT2D eigenvalue weighted by atomic mass is 19.4. The minimum atomic E-state index is -5.08. The molecule has 0 spiro atoms. The summed E-state index contributed by atoms with van der Waals surface area (Å²) in [5.41, 5.74) is 0.958. The smallest absolute Gasteiger partial charge is 0.475 e. The Morgan fingerprint density at radius 3 is 2.22 bits per heavy atom. The fourth-order valence-corrected chi connectivity index (χ4v) is 5.42. The summed E-state index contributed by atoms with van der Waals surface area (Å²) in [6.07, 6.45) is 5.74. The first-order valence-corrected chi connectivity index (χ1v) is 12.5. The average molecular weight is 520 g/mol. The molecule has 2 saturated carbocycles. The maximum Gasteiger partial charge on any atom is 0.490 e. The number of aromatic nitrogens is 2. The molecule has 2 aromatic rings. The number of carbonyl (C=O) groups excluding carboxylic acids is 1. The van der Waals surface area contributed by atoms with Gasteiger partial charge in [-0.1, -0.05) is 24.3 Å². The Bertz CT molecular complexity index is 1160. The predicted octanol–water partition coefficient (Wildman–Crippen LogP) is 4.38. The summed E-state index contributed by atoms with van der Waals surface area (Å²) >= 11 is 0. The maximum atomic E-state index is 12.7. The topological polar surface area (TPSA) is 107 Å². The summed E-state index contributed by atoms with van der Waals surface area (Å²) in [5, 5.41) is 15.1. The van der Waals surface area contributed by atoms with Gasteiger partial charge in [0.15, 0.2) is 0 Å². The van der Waals surface area contributed by atoms with Crippen LogP contribution in [0.15, 0.2) is 36.4 Å². The van der Waals surface area contributed by atoms with Gasteiger partial charge in [-0.15, -0.1) is 0 Å². The molecule has 11 heteroatoms. The summed E-state index contributed by atoms with van der Waals surface area (Å²) < 4.78 is 31.7. The zero-order valence-corrected chi connectivity index (χ0v) is 20.8. The summed E-state index contributed by atoms with van der Waals surface area (Å²) in [6, 6.07) is 8.78. The molecule has 1 aromatic heterocycles. The van der Waals surface area contributed by atoms with E-state index in [1.807, 2.05) is 37.2 Å². The molecule has 3 atom stereocenters. The third kappa shape index (κ3) is 6.50. The van der Waals surface area contributed by atoms with Crippen LogP contribution in [0.5, 0.6) is 0 Å². The summed E-state index contributed by atoms with van der Waals surface area (Å²) in [6.45, 7) is 0. The van der Waals surface area contributed by atoms with E-state index in [0.717, 1.165) is 48.8 Å². The van der Waals surface area contributed by atoms with Crippen molar-refractivity contribution in [1.82, 2.24) is 15.3 Å². The Hall–Kier alpha value is -3.37. The van der Waals surface area contributed by atoms with Crippen molar-refractivity contribution in [1.29, 1.82) is 0 Å². The molecule has 0 saturated heterocycles. The van der Waals surface area contributed by atoms with Gasteiger partial charge >= 0.3 is 12.1 Å². The number of para-hydroxylation sites is 1. The standard InChI is InChI=1S/C24H31N5O.C2HF3O2/c1-29(2)22-19-5-3-4-6-21(19)27-24(28-22)26-18-11-9-17(10-12-18)25-23(30)20-14-15-7-8-16(20)13-15;3-2(4,5)1(6)7/h3-8,15-18,20H,9-14H2,1-2H3,(H,25,30)(H,26,27,28);(H,6,7). The Morgan fingerprint density at radius 2 is 1.65 bits per heavy atom. The van der Waals surface area contributed by atoms with Gasteiger partial charge < -0.3 is 20.6 Å². The molecule has 5 rings (SSSR count). The molecule has 3 aliphatic carbocycles. The number of hydrogen-bond acceptors (Lipinski definition) is 6. The highest BCUT2D eigenvalue weighted by Crippen LogP contribution is 2.43. The van der Waals surface area contributed by atoms with Crippen molar-refractivity contribution in [3.63, 3.8) is 0 Å². The molecule has 8 nitrogen and oxygen atoms in total. The first-order valence-electron chi connectivity index (χ1n) is 12.5. The second kappa shape index (κ2) is 10.9. The Balaban J connectivity index is 0.000000405. The lowest BCUT2D eigenvalue weighted by atomic mass is 9.89. The highest BCUT2D eigenvalue weighted by Gasteiger charge is 2.40. The fourth-order valence-electron chi connectivity index (χ4n) is 5.42. The molecular weight excluding hydrogens is 487 g/mol. The van der Waals surface area contributed by atoms with Crippen LogP contribution in [0.1, 0.15) is 38.5 Å². The molecule has 200 valence electrons. The highest BCUT2D eigenvalue weighted by molar-refractivity contribution is 5.90. The second-order valence-electron chi connectivity index (χ2n) is 10.2. The van der Waals surface area contributed by atoms with Crippen LogP contribution in [-0.4, -0.2) is 59.3 Å². The third-order valence-electron chi connectivity index (χ3n) is 7.27.